The van der Waals surface area contributed by atoms with Gasteiger partial charge in [0, 0.05) is 36.8 Å². The molecule has 1 aromatic carbocycles. The summed E-state index contributed by atoms with van der Waals surface area (Å²) < 4.78 is 0. The zero-order valence-corrected chi connectivity index (χ0v) is 13.6. The predicted octanol–water partition coefficient (Wildman–Crippen LogP) is 2.61. The quantitative estimate of drug-likeness (QED) is 0.661. The first kappa shape index (κ1) is 19.6. The Kier molecular flexibility index (Phi) is 7.63. The molecule has 1 rings (SSSR count). The zero-order chi connectivity index (χ0) is 15.4. The lowest BCUT2D eigenvalue weighted by Crippen LogP contribution is -2.39. The van der Waals surface area contributed by atoms with E-state index in [0.717, 1.165) is 0 Å². The molecule has 1 amide bonds. The largest absolute Gasteiger partial charge is 0.341 e. The number of benzene rings is 1. The van der Waals surface area contributed by atoms with Crippen molar-refractivity contribution >= 4 is 35.6 Å². The minimum absolute atomic E-state index is 0. The van der Waals surface area contributed by atoms with Gasteiger partial charge in [-0.15, -0.1) is 12.4 Å². The van der Waals surface area contributed by atoms with E-state index in [4.69, 9.17) is 17.3 Å². The molecule has 2 atom stereocenters. The second-order valence-corrected chi connectivity index (χ2v) is 5.28. The van der Waals surface area contributed by atoms with Gasteiger partial charge in [0.2, 0.25) is 5.91 Å². The normalized spacial score (nSPS) is 13.0. The van der Waals surface area contributed by atoms with Crippen molar-refractivity contribution in [3.8, 4) is 0 Å². The van der Waals surface area contributed by atoms with Crippen LogP contribution in [0, 0.1) is 16.0 Å². The maximum atomic E-state index is 12.1. The first-order valence-electron chi connectivity index (χ1n) is 6.17. The molecular formula is C13H19Cl2N3O3. The van der Waals surface area contributed by atoms with Crippen molar-refractivity contribution in [1.82, 2.24) is 4.90 Å². The van der Waals surface area contributed by atoms with Crippen molar-refractivity contribution in [2.45, 2.75) is 26.4 Å². The lowest BCUT2D eigenvalue weighted by Gasteiger charge is -2.23. The van der Waals surface area contributed by atoms with Crippen molar-refractivity contribution < 1.29 is 9.72 Å². The Morgan fingerprint density at radius 1 is 1.48 bits per heavy atom. The summed E-state index contributed by atoms with van der Waals surface area (Å²) in [5.41, 5.74) is 6.18. The molecule has 0 bridgehead atoms. The smallest absolute Gasteiger partial charge is 0.269 e. The van der Waals surface area contributed by atoms with Gasteiger partial charge in [-0.05, 0) is 18.6 Å². The maximum Gasteiger partial charge on any atom is 0.269 e. The number of carbonyl (C=O) groups excluding carboxylic acids is 1. The number of carbonyl (C=O) groups is 1. The summed E-state index contributed by atoms with van der Waals surface area (Å²) in [6, 6.07) is 3.91. The highest BCUT2D eigenvalue weighted by molar-refractivity contribution is 6.31. The van der Waals surface area contributed by atoms with Crippen LogP contribution in [0.1, 0.15) is 19.4 Å². The molecule has 2 unspecified atom stereocenters. The number of non-ortho nitro benzene ring substituents is 1. The van der Waals surface area contributed by atoms with E-state index in [1.807, 2.05) is 0 Å². The highest BCUT2D eigenvalue weighted by atomic mass is 35.5. The van der Waals surface area contributed by atoms with Gasteiger partial charge in [0.25, 0.3) is 5.69 Å². The van der Waals surface area contributed by atoms with Gasteiger partial charge in [-0.2, -0.15) is 0 Å². The van der Waals surface area contributed by atoms with Gasteiger partial charge in [0.05, 0.1) is 10.8 Å². The zero-order valence-electron chi connectivity index (χ0n) is 12.1. The average molecular weight is 336 g/mol. The van der Waals surface area contributed by atoms with E-state index in [-0.39, 0.29) is 42.5 Å². The Balaban J connectivity index is 0.00000400. The van der Waals surface area contributed by atoms with E-state index in [1.54, 1.807) is 20.9 Å². The lowest BCUT2D eigenvalue weighted by molar-refractivity contribution is -0.384. The summed E-state index contributed by atoms with van der Waals surface area (Å²) in [5.74, 6) is -0.444. The number of hydrogen-bond donors (Lipinski definition) is 1. The Morgan fingerprint density at radius 3 is 2.52 bits per heavy atom. The molecule has 1 aromatic rings. The number of nitro benzene ring substituents is 1. The van der Waals surface area contributed by atoms with Gasteiger partial charge in [-0.1, -0.05) is 18.5 Å². The first-order chi connectivity index (χ1) is 9.23. The highest BCUT2D eigenvalue weighted by Gasteiger charge is 2.22. The Morgan fingerprint density at radius 2 is 2.05 bits per heavy atom. The van der Waals surface area contributed by atoms with Crippen molar-refractivity contribution in [3.63, 3.8) is 0 Å². The second kappa shape index (κ2) is 8.17. The summed E-state index contributed by atoms with van der Waals surface area (Å²) in [4.78, 5) is 23.8. The number of hydrogen-bond acceptors (Lipinski definition) is 4. The Hall–Kier alpha value is -1.37. The van der Waals surface area contributed by atoms with E-state index in [9.17, 15) is 14.9 Å². The molecule has 0 heterocycles. The number of nitrogens with zero attached hydrogens (tertiary/aromatic N) is 2. The van der Waals surface area contributed by atoms with Crippen LogP contribution in [0.15, 0.2) is 18.2 Å². The molecule has 0 spiro atoms. The lowest BCUT2D eigenvalue weighted by atomic mass is 10.0. The molecule has 0 aromatic heterocycles. The average Bonchev–Trinajstić information content (AvgIpc) is 2.38. The van der Waals surface area contributed by atoms with Crippen molar-refractivity contribution in [2.24, 2.45) is 11.7 Å². The van der Waals surface area contributed by atoms with Crippen LogP contribution in [-0.4, -0.2) is 28.8 Å². The van der Waals surface area contributed by atoms with Gasteiger partial charge >= 0.3 is 0 Å². The topological polar surface area (TPSA) is 89.5 Å². The minimum Gasteiger partial charge on any atom is -0.341 e. The SMILES string of the molecule is CC(N)C(C)C(=O)N(C)Cc1cc([N+](=O)[O-])ccc1Cl.Cl. The number of rotatable bonds is 5. The fraction of sp³-hybridized carbons (Fsp3) is 0.462. The molecule has 21 heavy (non-hydrogen) atoms. The van der Waals surface area contributed by atoms with E-state index < -0.39 is 4.92 Å². The second-order valence-electron chi connectivity index (χ2n) is 4.87. The molecule has 118 valence electrons. The molecule has 0 fully saturated rings. The van der Waals surface area contributed by atoms with E-state index in [0.29, 0.717) is 10.6 Å². The molecule has 0 aliphatic carbocycles. The summed E-state index contributed by atoms with van der Waals surface area (Å²) in [5, 5.41) is 11.1. The summed E-state index contributed by atoms with van der Waals surface area (Å²) >= 11 is 6.01. The molecule has 0 saturated heterocycles. The van der Waals surface area contributed by atoms with Crippen LogP contribution in [-0.2, 0) is 11.3 Å². The van der Waals surface area contributed by atoms with Crippen LogP contribution in [0.3, 0.4) is 0 Å². The van der Waals surface area contributed by atoms with Crippen LogP contribution in [0.5, 0.6) is 0 Å². The monoisotopic (exact) mass is 335 g/mol. The Labute approximate surface area is 134 Å². The molecule has 6 nitrogen and oxygen atoms in total. The van der Waals surface area contributed by atoms with Crippen LogP contribution >= 0.6 is 24.0 Å². The summed E-state index contributed by atoms with van der Waals surface area (Å²) in [6.45, 7) is 3.71. The fourth-order valence-corrected chi connectivity index (χ4v) is 1.88. The number of nitrogens with two attached hydrogens (primary N) is 1. The van der Waals surface area contributed by atoms with Crippen LogP contribution in [0.25, 0.3) is 0 Å². The summed E-state index contributed by atoms with van der Waals surface area (Å²) in [7, 11) is 1.62. The Bertz CT molecular complexity index is 523. The molecule has 8 heteroatoms. The molecule has 0 saturated carbocycles. The molecule has 0 aliphatic rings. The summed E-state index contributed by atoms with van der Waals surface area (Å²) in [6.07, 6.45) is 0. The minimum atomic E-state index is -0.494. The van der Waals surface area contributed by atoms with Gasteiger partial charge in [0.1, 0.15) is 0 Å². The van der Waals surface area contributed by atoms with E-state index >= 15 is 0 Å². The van der Waals surface area contributed by atoms with Crippen molar-refractivity contribution in [1.29, 1.82) is 0 Å². The van der Waals surface area contributed by atoms with Crippen LogP contribution in [0.4, 0.5) is 5.69 Å². The highest BCUT2D eigenvalue weighted by Crippen LogP contribution is 2.23. The number of amides is 1. The van der Waals surface area contributed by atoms with Crippen molar-refractivity contribution in [2.75, 3.05) is 7.05 Å². The molecule has 2 N–H and O–H groups in total. The van der Waals surface area contributed by atoms with Gasteiger partial charge in [-0.3, -0.25) is 14.9 Å². The van der Waals surface area contributed by atoms with Crippen LogP contribution < -0.4 is 5.73 Å². The first-order valence-corrected chi connectivity index (χ1v) is 6.55. The standard InChI is InChI=1S/C13H18ClN3O3.ClH/c1-8(9(2)15)13(18)16(3)7-10-6-11(17(19)20)4-5-12(10)14;/h4-6,8-9H,7,15H2,1-3H3;1H. The predicted molar refractivity (Wildman–Crippen MR) is 84.6 cm³/mol. The number of nitro groups is 1. The molecule has 0 aliphatic heterocycles. The van der Waals surface area contributed by atoms with E-state index in [2.05, 4.69) is 0 Å². The number of halogens is 2. The van der Waals surface area contributed by atoms with Crippen molar-refractivity contribution in [3.05, 3.63) is 38.9 Å². The third-order valence-corrected chi connectivity index (χ3v) is 3.57. The van der Waals surface area contributed by atoms with Gasteiger partial charge < -0.3 is 10.6 Å². The maximum absolute atomic E-state index is 12.1. The molecule has 0 radical (unpaired) electrons. The van der Waals surface area contributed by atoms with E-state index in [1.165, 1.54) is 23.1 Å². The van der Waals surface area contributed by atoms with Gasteiger partial charge in [0.15, 0.2) is 0 Å². The molecular weight excluding hydrogens is 317 g/mol. The third kappa shape index (κ3) is 5.15. The third-order valence-electron chi connectivity index (χ3n) is 3.20. The van der Waals surface area contributed by atoms with Crippen LogP contribution in [0.2, 0.25) is 5.02 Å². The fourth-order valence-electron chi connectivity index (χ4n) is 1.70. The van der Waals surface area contributed by atoms with Gasteiger partial charge in [-0.25, -0.2) is 0 Å².